The summed E-state index contributed by atoms with van der Waals surface area (Å²) in [6, 6.07) is 10.2. The van der Waals surface area contributed by atoms with E-state index in [9.17, 15) is 5.11 Å². The van der Waals surface area contributed by atoms with Crippen molar-refractivity contribution < 1.29 is 5.11 Å². The predicted molar refractivity (Wildman–Crippen MR) is 79.4 cm³/mol. The zero-order chi connectivity index (χ0) is 13.2. The molecule has 0 radical (unpaired) electrons. The minimum Gasteiger partial charge on any atom is -0.393 e. The SMILES string of the molecule is CCCCCC[C@H](O)[C@@H](C)/C=C/c1ccccc1. The van der Waals surface area contributed by atoms with Crippen LogP contribution in [0.4, 0.5) is 0 Å². The molecular formula is C17H26O. The zero-order valence-corrected chi connectivity index (χ0v) is 11.7. The lowest BCUT2D eigenvalue weighted by Crippen LogP contribution is -2.15. The maximum atomic E-state index is 10.0. The Bertz CT molecular complexity index is 329. The summed E-state index contributed by atoms with van der Waals surface area (Å²) in [7, 11) is 0. The van der Waals surface area contributed by atoms with Crippen molar-refractivity contribution in [2.24, 2.45) is 5.92 Å². The van der Waals surface area contributed by atoms with Crippen LogP contribution in [0, 0.1) is 5.92 Å². The summed E-state index contributed by atoms with van der Waals surface area (Å²) in [6.45, 7) is 4.30. The second-order valence-corrected chi connectivity index (χ2v) is 5.05. The van der Waals surface area contributed by atoms with E-state index in [1.807, 2.05) is 18.2 Å². The highest BCUT2D eigenvalue weighted by molar-refractivity contribution is 5.48. The molecule has 2 atom stereocenters. The molecule has 0 saturated carbocycles. The average molecular weight is 246 g/mol. The number of aliphatic hydroxyl groups excluding tert-OH is 1. The van der Waals surface area contributed by atoms with E-state index in [2.05, 4.69) is 38.1 Å². The van der Waals surface area contributed by atoms with Crippen LogP contribution in [0.3, 0.4) is 0 Å². The predicted octanol–water partition coefficient (Wildman–Crippen LogP) is 4.67. The fourth-order valence-corrected chi connectivity index (χ4v) is 2.00. The van der Waals surface area contributed by atoms with Crippen LogP contribution in [0.15, 0.2) is 36.4 Å². The van der Waals surface area contributed by atoms with Crippen LogP contribution in [0.1, 0.15) is 51.5 Å². The van der Waals surface area contributed by atoms with Gasteiger partial charge in [-0.25, -0.2) is 0 Å². The molecule has 0 heterocycles. The molecule has 1 N–H and O–H groups in total. The molecule has 0 aliphatic carbocycles. The highest BCUT2D eigenvalue weighted by Gasteiger charge is 2.10. The minimum atomic E-state index is -0.207. The second-order valence-electron chi connectivity index (χ2n) is 5.05. The lowest BCUT2D eigenvalue weighted by molar-refractivity contribution is 0.125. The van der Waals surface area contributed by atoms with Gasteiger partial charge in [0.05, 0.1) is 6.10 Å². The fourth-order valence-electron chi connectivity index (χ4n) is 2.00. The van der Waals surface area contributed by atoms with Gasteiger partial charge in [0, 0.05) is 5.92 Å². The van der Waals surface area contributed by atoms with E-state index in [0.717, 1.165) is 12.8 Å². The molecule has 0 bridgehead atoms. The number of hydrogen-bond donors (Lipinski definition) is 1. The van der Waals surface area contributed by atoms with Gasteiger partial charge in [-0.3, -0.25) is 0 Å². The Morgan fingerprint density at radius 3 is 2.50 bits per heavy atom. The number of benzene rings is 1. The van der Waals surface area contributed by atoms with Gasteiger partial charge in [-0.2, -0.15) is 0 Å². The van der Waals surface area contributed by atoms with Gasteiger partial charge in [-0.05, 0) is 12.0 Å². The molecule has 0 aliphatic heterocycles. The first kappa shape index (κ1) is 15.0. The number of aliphatic hydroxyl groups is 1. The van der Waals surface area contributed by atoms with Crippen molar-refractivity contribution in [1.82, 2.24) is 0 Å². The van der Waals surface area contributed by atoms with Crippen LogP contribution < -0.4 is 0 Å². The maximum absolute atomic E-state index is 10.0. The molecule has 0 fully saturated rings. The topological polar surface area (TPSA) is 20.2 Å². The molecule has 100 valence electrons. The van der Waals surface area contributed by atoms with Crippen LogP contribution in [-0.4, -0.2) is 11.2 Å². The third-order valence-electron chi connectivity index (χ3n) is 3.35. The van der Waals surface area contributed by atoms with Crippen molar-refractivity contribution in [3.05, 3.63) is 42.0 Å². The largest absolute Gasteiger partial charge is 0.393 e. The molecule has 0 amide bonds. The standard InChI is InChI=1S/C17H26O/c1-3-4-5-9-12-17(18)15(2)13-14-16-10-7-6-8-11-16/h6-8,10-11,13-15,17-18H,3-5,9,12H2,1-2H3/b14-13+/t15-,17-/m0/s1. The lowest BCUT2D eigenvalue weighted by Gasteiger charge is -2.15. The number of hydrogen-bond acceptors (Lipinski definition) is 1. The molecule has 1 aromatic carbocycles. The molecule has 0 aromatic heterocycles. The maximum Gasteiger partial charge on any atom is 0.0600 e. The zero-order valence-electron chi connectivity index (χ0n) is 11.7. The first-order valence-corrected chi connectivity index (χ1v) is 7.15. The van der Waals surface area contributed by atoms with Crippen LogP contribution in [0.5, 0.6) is 0 Å². The van der Waals surface area contributed by atoms with E-state index in [-0.39, 0.29) is 12.0 Å². The van der Waals surface area contributed by atoms with Gasteiger partial charge >= 0.3 is 0 Å². The smallest absolute Gasteiger partial charge is 0.0600 e. The van der Waals surface area contributed by atoms with Crippen LogP contribution in [0.25, 0.3) is 6.08 Å². The number of unbranched alkanes of at least 4 members (excludes halogenated alkanes) is 3. The van der Waals surface area contributed by atoms with E-state index >= 15 is 0 Å². The normalized spacial score (nSPS) is 14.8. The van der Waals surface area contributed by atoms with Crippen molar-refractivity contribution in [2.75, 3.05) is 0 Å². The average Bonchev–Trinajstić information content (AvgIpc) is 2.42. The van der Waals surface area contributed by atoms with Crippen molar-refractivity contribution in [3.63, 3.8) is 0 Å². The Hall–Kier alpha value is -1.08. The van der Waals surface area contributed by atoms with Crippen LogP contribution in [-0.2, 0) is 0 Å². The third kappa shape index (κ3) is 6.02. The van der Waals surface area contributed by atoms with E-state index < -0.39 is 0 Å². The Morgan fingerprint density at radius 1 is 1.11 bits per heavy atom. The summed E-state index contributed by atoms with van der Waals surface area (Å²) in [6.07, 6.45) is 9.82. The van der Waals surface area contributed by atoms with Gasteiger partial charge in [0.1, 0.15) is 0 Å². The Labute approximate surface area is 112 Å². The van der Waals surface area contributed by atoms with Gasteiger partial charge in [-0.1, -0.05) is 82.0 Å². The van der Waals surface area contributed by atoms with E-state index in [0.29, 0.717) is 0 Å². The van der Waals surface area contributed by atoms with Gasteiger partial charge < -0.3 is 5.11 Å². The monoisotopic (exact) mass is 246 g/mol. The molecule has 1 nitrogen and oxygen atoms in total. The fraction of sp³-hybridized carbons (Fsp3) is 0.529. The van der Waals surface area contributed by atoms with Gasteiger partial charge in [0.2, 0.25) is 0 Å². The van der Waals surface area contributed by atoms with E-state index in [1.165, 1.54) is 24.8 Å². The number of rotatable bonds is 8. The highest BCUT2D eigenvalue weighted by atomic mass is 16.3. The van der Waals surface area contributed by atoms with Gasteiger partial charge in [0.15, 0.2) is 0 Å². The lowest BCUT2D eigenvalue weighted by atomic mass is 9.97. The molecule has 1 heteroatoms. The Morgan fingerprint density at radius 2 is 1.83 bits per heavy atom. The molecule has 18 heavy (non-hydrogen) atoms. The van der Waals surface area contributed by atoms with E-state index in [4.69, 9.17) is 0 Å². The first-order chi connectivity index (χ1) is 8.74. The van der Waals surface area contributed by atoms with Crippen molar-refractivity contribution in [2.45, 2.75) is 52.1 Å². The first-order valence-electron chi connectivity index (χ1n) is 7.15. The van der Waals surface area contributed by atoms with Crippen LogP contribution in [0.2, 0.25) is 0 Å². The van der Waals surface area contributed by atoms with Crippen LogP contribution >= 0.6 is 0 Å². The Balaban J connectivity index is 2.31. The Kier molecular flexibility index (Phi) is 7.43. The van der Waals surface area contributed by atoms with Gasteiger partial charge in [-0.15, -0.1) is 0 Å². The molecule has 0 aliphatic rings. The summed E-state index contributed by atoms with van der Waals surface area (Å²) >= 11 is 0. The quantitative estimate of drug-likeness (QED) is 0.661. The molecule has 0 unspecified atom stereocenters. The van der Waals surface area contributed by atoms with Crippen molar-refractivity contribution in [1.29, 1.82) is 0 Å². The highest BCUT2D eigenvalue weighted by Crippen LogP contribution is 2.15. The summed E-state index contributed by atoms with van der Waals surface area (Å²) in [4.78, 5) is 0. The van der Waals surface area contributed by atoms with Crippen molar-refractivity contribution in [3.8, 4) is 0 Å². The van der Waals surface area contributed by atoms with Crippen molar-refractivity contribution >= 4 is 6.08 Å². The second kappa shape index (κ2) is 8.93. The van der Waals surface area contributed by atoms with Gasteiger partial charge in [0.25, 0.3) is 0 Å². The molecule has 0 spiro atoms. The third-order valence-corrected chi connectivity index (χ3v) is 3.35. The summed E-state index contributed by atoms with van der Waals surface area (Å²) in [5.74, 6) is 0.229. The molecule has 0 saturated heterocycles. The molecule has 1 aromatic rings. The molecular weight excluding hydrogens is 220 g/mol. The summed E-state index contributed by atoms with van der Waals surface area (Å²) in [5, 5.41) is 10.0. The minimum absolute atomic E-state index is 0.207. The summed E-state index contributed by atoms with van der Waals surface area (Å²) in [5.41, 5.74) is 1.20. The molecule has 1 rings (SSSR count). The van der Waals surface area contributed by atoms with E-state index in [1.54, 1.807) is 0 Å². The summed E-state index contributed by atoms with van der Waals surface area (Å²) < 4.78 is 0.